The molecule has 1 aliphatic carbocycles. The molecular formula is C27H38O. The Balaban J connectivity index is 1.35. The fourth-order valence-electron chi connectivity index (χ4n) is 4.85. The van der Waals surface area contributed by atoms with E-state index in [0.29, 0.717) is 5.75 Å². The molecule has 0 spiro atoms. The quantitative estimate of drug-likeness (QED) is 0.413. The van der Waals surface area contributed by atoms with Crippen molar-refractivity contribution in [3.8, 4) is 16.9 Å². The minimum absolute atomic E-state index is 0.407. The zero-order valence-corrected chi connectivity index (χ0v) is 17.7. The zero-order valence-electron chi connectivity index (χ0n) is 17.7. The normalized spacial score (nSPS) is 19.6. The van der Waals surface area contributed by atoms with Crippen molar-refractivity contribution in [2.24, 2.45) is 11.8 Å². The van der Waals surface area contributed by atoms with Gasteiger partial charge in [0.2, 0.25) is 0 Å². The highest BCUT2D eigenvalue weighted by Crippen LogP contribution is 2.35. The lowest BCUT2D eigenvalue weighted by atomic mass is 9.78. The summed E-state index contributed by atoms with van der Waals surface area (Å²) in [7, 11) is 0. The van der Waals surface area contributed by atoms with Crippen LogP contribution < -0.4 is 0 Å². The van der Waals surface area contributed by atoms with Crippen molar-refractivity contribution in [1.29, 1.82) is 0 Å². The molecule has 0 unspecified atom stereocenters. The summed E-state index contributed by atoms with van der Waals surface area (Å²) in [6.07, 6.45) is 16.6. The van der Waals surface area contributed by atoms with Gasteiger partial charge in [-0.15, -0.1) is 0 Å². The molecule has 0 bridgehead atoms. The molecule has 0 aliphatic heterocycles. The van der Waals surface area contributed by atoms with E-state index in [1.165, 1.54) is 76.2 Å². The van der Waals surface area contributed by atoms with Crippen molar-refractivity contribution < 1.29 is 5.11 Å². The van der Waals surface area contributed by atoms with Crippen LogP contribution in [0.15, 0.2) is 48.5 Å². The van der Waals surface area contributed by atoms with Gasteiger partial charge in [0.05, 0.1) is 0 Å². The summed E-state index contributed by atoms with van der Waals surface area (Å²) in [5, 5.41) is 10.4. The van der Waals surface area contributed by atoms with Crippen LogP contribution in [0.5, 0.6) is 5.75 Å². The van der Waals surface area contributed by atoms with Crippen LogP contribution in [0.25, 0.3) is 11.1 Å². The largest absolute Gasteiger partial charge is 0.507 e. The monoisotopic (exact) mass is 378 g/mol. The first-order chi connectivity index (χ1) is 13.8. The molecule has 28 heavy (non-hydrogen) atoms. The van der Waals surface area contributed by atoms with Gasteiger partial charge in [0.1, 0.15) is 5.75 Å². The lowest BCUT2D eigenvalue weighted by molar-refractivity contribution is 0.245. The number of unbranched alkanes of at least 4 members (excludes halogenated alkanes) is 3. The summed E-state index contributed by atoms with van der Waals surface area (Å²) in [6, 6.07) is 16.4. The SMILES string of the molecule is CCCCCC1CCC(CCCCc2ccc(-c3ccccc3)c(O)c2)CC1. The minimum Gasteiger partial charge on any atom is -0.507 e. The van der Waals surface area contributed by atoms with E-state index in [0.717, 1.165) is 29.4 Å². The third-order valence-electron chi connectivity index (χ3n) is 6.66. The van der Waals surface area contributed by atoms with Crippen LogP contribution >= 0.6 is 0 Å². The van der Waals surface area contributed by atoms with Crippen LogP contribution in [0, 0.1) is 11.8 Å². The first-order valence-corrected chi connectivity index (χ1v) is 11.6. The van der Waals surface area contributed by atoms with Gasteiger partial charge in [-0.25, -0.2) is 0 Å². The predicted octanol–water partition coefficient (Wildman–Crippen LogP) is 8.16. The smallest absolute Gasteiger partial charge is 0.123 e. The van der Waals surface area contributed by atoms with Crippen molar-refractivity contribution in [1.82, 2.24) is 0 Å². The lowest BCUT2D eigenvalue weighted by Gasteiger charge is -2.28. The Morgan fingerprint density at radius 1 is 0.786 bits per heavy atom. The van der Waals surface area contributed by atoms with Gasteiger partial charge in [0.25, 0.3) is 0 Å². The highest BCUT2D eigenvalue weighted by Gasteiger charge is 2.20. The molecule has 0 saturated heterocycles. The third kappa shape index (κ3) is 6.40. The second-order valence-electron chi connectivity index (χ2n) is 8.85. The highest BCUT2D eigenvalue weighted by molar-refractivity contribution is 5.70. The molecule has 1 N–H and O–H groups in total. The summed E-state index contributed by atoms with van der Waals surface area (Å²) in [4.78, 5) is 0. The number of hydrogen-bond donors (Lipinski definition) is 1. The van der Waals surface area contributed by atoms with Gasteiger partial charge >= 0.3 is 0 Å². The molecule has 2 aromatic rings. The van der Waals surface area contributed by atoms with Crippen molar-refractivity contribution in [3.05, 3.63) is 54.1 Å². The van der Waals surface area contributed by atoms with E-state index in [1.807, 2.05) is 36.4 Å². The van der Waals surface area contributed by atoms with Crippen LogP contribution in [0.2, 0.25) is 0 Å². The minimum atomic E-state index is 0.407. The summed E-state index contributed by atoms with van der Waals surface area (Å²) in [5.74, 6) is 2.40. The van der Waals surface area contributed by atoms with Crippen LogP contribution in [0.1, 0.15) is 83.1 Å². The van der Waals surface area contributed by atoms with Gasteiger partial charge in [0.15, 0.2) is 0 Å². The number of rotatable bonds is 10. The second kappa shape index (κ2) is 11.3. The number of phenolic OH excluding ortho intramolecular Hbond substituents is 1. The summed E-state index contributed by atoms with van der Waals surface area (Å²) < 4.78 is 0. The van der Waals surface area contributed by atoms with E-state index in [-0.39, 0.29) is 0 Å². The maximum absolute atomic E-state index is 10.4. The number of phenols is 1. The Labute approximate surface area is 172 Å². The second-order valence-corrected chi connectivity index (χ2v) is 8.85. The average Bonchev–Trinajstić information content (AvgIpc) is 2.73. The third-order valence-corrected chi connectivity index (χ3v) is 6.66. The van der Waals surface area contributed by atoms with Gasteiger partial charge in [-0.3, -0.25) is 0 Å². The molecule has 0 atom stereocenters. The fraction of sp³-hybridized carbons (Fsp3) is 0.556. The van der Waals surface area contributed by atoms with Gasteiger partial charge < -0.3 is 5.11 Å². The Morgan fingerprint density at radius 3 is 2.04 bits per heavy atom. The molecule has 0 heterocycles. The Hall–Kier alpha value is -1.76. The molecule has 0 aromatic heterocycles. The lowest BCUT2D eigenvalue weighted by Crippen LogP contribution is -2.14. The van der Waals surface area contributed by atoms with Crippen LogP contribution in [-0.2, 0) is 6.42 Å². The molecule has 1 aliphatic rings. The van der Waals surface area contributed by atoms with E-state index >= 15 is 0 Å². The first kappa shape index (κ1) is 21.0. The molecule has 152 valence electrons. The topological polar surface area (TPSA) is 20.2 Å². The van der Waals surface area contributed by atoms with E-state index in [4.69, 9.17) is 0 Å². The number of benzene rings is 2. The Kier molecular flexibility index (Phi) is 8.45. The van der Waals surface area contributed by atoms with Crippen molar-refractivity contribution in [2.75, 3.05) is 0 Å². The van der Waals surface area contributed by atoms with Gasteiger partial charge in [-0.05, 0) is 41.9 Å². The standard InChI is InChI=1S/C27H38O/c1-2-3-5-10-22-15-17-23(18-16-22)11-8-9-12-24-19-20-26(27(28)21-24)25-13-6-4-7-14-25/h4,6-7,13-14,19-23,28H,2-3,5,8-12,15-18H2,1H3. The van der Waals surface area contributed by atoms with Crippen molar-refractivity contribution in [3.63, 3.8) is 0 Å². The molecule has 1 saturated carbocycles. The van der Waals surface area contributed by atoms with Crippen LogP contribution in [0.4, 0.5) is 0 Å². The fourth-order valence-corrected chi connectivity index (χ4v) is 4.85. The summed E-state index contributed by atoms with van der Waals surface area (Å²) in [5.41, 5.74) is 3.27. The Bertz CT molecular complexity index is 683. The highest BCUT2D eigenvalue weighted by atomic mass is 16.3. The van der Waals surface area contributed by atoms with E-state index in [2.05, 4.69) is 19.1 Å². The predicted molar refractivity (Wildman–Crippen MR) is 121 cm³/mol. The molecule has 0 amide bonds. The average molecular weight is 379 g/mol. The molecule has 2 aromatic carbocycles. The van der Waals surface area contributed by atoms with Gasteiger partial charge in [-0.2, -0.15) is 0 Å². The maximum atomic E-state index is 10.4. The molecular weight excluding hydrogens is 340 g/mol. The van der Waals surface area contributed by atoms with Crippen molar-refractivity contribution >= 4 is 0 Å². The Morgan fingerprint density at radius 2 is 1.43 bits per heavy atom. The van der Waals surface area contributed by atoms with Crippen LogP contribution in [0.3, 0.4) is 0 Å². The van der Waals surface area contributed by atoms with Crippen molar-refractivity contribution in [2.45, 2.75) is 84.0 Å². The maximum Gasteiger partial charge on any atom is 0.123 e. The van der Waals surface area contributed by atoms with Crippen LogP contribution in [-0.4, -0.2) is 5.11 Å². The molecule has 1 fully saturated rings. The zero-order chi connectivity index (χ0) is 19.6. The summed E-state index contributed by atoms with van der Waals surface area (Å²) in [6.45, 7) is 2.30. The van der Waals surface area contributed by atoms with Gasteiger partial charge in [-0.1, -0.05) is 114 Å². The van der Waals surface area contributed by atoms with Gasteiger partial charge in [0, 0.05) is 5.56 Å². The van der Waals surface area contributed by atoms with E-state index in [1.54, 1.807) is 0 Å². The number of aryl methyl sites for hydroxylation is 1. The summed E-state index contributed by atoms with van der Waals surface area (Å²) >= 11 is 0. The van der Waals surface area contributed by atoms with E-state index in [9.17, 15) is 5.11 Å². The molecule has 3 rings (SSSR count). The number of aromatic hydroxyl groups is 1. The van der Waals surface area contributed by atoms with E-state index < -0.39 is 0 Å². The molecule has 1 nitrogen and oxygen atoms in total. The molecule has 0 radical (unpaired) electrons. The molecule has 1 heteroatoms. The number of hydrogen-bond acceptors (Lipinski definition) is 1. The first-order valence-electron chi connectivity index (χ1n) is 11.6.